The van der Waals surface area contributed by atoms with Crippen LogP contribution in [0.3, 0.4) is 0 Å². The monoisotopic (exact) mass is 321 g/mol. The number of nitrogens with one attached hydrogen (secondary N) is 1. The Morgan fingerprint density at radius 1 is 1.53 bits per heavy atom. The molecule has 2 rings (SSSR count). The van der Waals surface area contributed by atoms with Crippen LogP contribution < -0.4 is 10.6 Å². The first-order valence-corrected chi connectivity index (χ1v) is 6.59. The molecular weight excluding hydrogens is 306 g/mol. The van der Waals surface area contributed by atoms with Gasteiger partial charge in [-0.25, -0.2) is 0 Å². The molecule has 0 aliphatic heterocycles. The molecule has 0 radical (unpaired) electrons. The van der Waals surface area contributed by atoms with Crippen LogP contribution in [0.4, 0.5) is 5.69 Å². The van der Waals surface area contributed by atoms with Crippen molar-refractivity contribution in [3.8, 4) is 0 Å². The Balaban J connectivity index is 2.29. The Morgan fingerprint density at radius 3 is 2.84 bits per heavy atom. The average Bonchev–Trinajstić information content (AvgIpc) is 2.74. The molecule has 5 nitrogen and oxygen atoms in total. The van der Waals surface area contributed by atoms with Gasteiger partial charge in [0.25, 0.3) is 0 Å². The van der Waals surface area contributed by atoms with Crippen LogP contribution in [-0.4, -0.2) is 22.7 Å². The second-order valence-corrected chi connectivity index (χ2v) is 5.37. The summed E-state index contributed by atoms with van der Waals surface area (Å²) in [4.78, 5) is 2.05. The highest BCUT2D eigenvalue weighted by molar-refractivity contribution is 9.10. The van der Waals surface area contributed by atoms with E-state index in [1.165, 1.54) is 0 Å². The van der Waals surface area contributed by atoms with Crippen molar-refractivity contribution in [1.82, 2.24) is 9.78 Å². The summed E-state index contributed by atoms with van der Waals surface area (Å²) in [5.41, 5.74) is 8.39. The third-order valence-electron chi connectivity index (χ3n) is 2.84. The maximum atomic E-state index is 7.64. The minimum Gasteiger partial charge on any atom is -0.384 e. The Hall–Kier alpha value is -1.82. The van der Waals surface area contributed by atoms with Crippen molar-refractivity contribution >= 4 is 27.5 Å². The first-order valence-electron chi connectivity index (χ1n) is 5.80. The lowest BCUT2D eigenvalue weighted by atomic mass is 10.1. The molecule has 0 atom stereocenters. The number of anilines is 1. The first-order chi connectivity index (χ1) is 8.97. The molecule has 0 spiro atoms. The number of amidine groups is 1. The molecule has 3 N–H and O–H groups in total. The maximum Gasteiger partial charge on any atom is 0.124 e. The van der Waals surface area contributed by atoms with Crippen molar-refractivity contribution in [3.63, 3.8) is 0 Å². The second kappa shape index (κ2) is 5.44. The summed E-state index contributed by atoms with van der Waals surface area (Å²) in [5.74, 6) is 0.0699. The van der Waals surface area contributed by atoms with E-state index in [2.05, 4.69) is 25.9 Å². The largest absolute Gasteiger partial charge is 0.384 e. The van der Waals surface area contributed by atoms with Gasteiger partial charge in [0.05, 0.1) is 6.20 Å². The van der Waals surface area contributed by atoms with E-state index < -0.39 is 0 Å². The first kappa shape index (κ1) is 13.6. The zero-order valence-corrected chi connectivity index (χ0v) is 12.5. The summed E-state index contributed by atoms with van der Waals surface area (Å²) in [7, 11) is 3.87. The number of aromatic nitrogens is 2. The molecule has 100 valence electrons. The predicted octanol–water partition coefficient (Wildman–Crippen LogP) is 2.10. The number of halogens is 1. The van der Waals surface area contributed by atoms with Gasteiger partial charge in [-0.2, -0.15) is 5.10 Å². The van der Waals surface area contributed by atoms with Crippen LogP contribution in [0.1, 0.15) is 11.1 Å². The fourth-order valence-electron chi connectivity index (χ4n) is 1.96. The summed E-state index contributed by atoms with van der Waals surface area (Å²) in [5, 5.41) is 11.8. The number of nitrogens with two attached hydrogens (primary N) is 1. The van der Waals surface area contributed by atoms with Gasteiger partial charge in [-0.15, -0.1) is 0 Å². The quantitative estimate of drug-likeness (QED) is 0.669. The van der Waals surface area contributed by atoms with E-state index >= 15 is 0 Å². The predicted molar refractivity (Wildman–Crippen MR) is 80.5 cm³/mol. The molecule has 0 saturated heterocycles. The van der Waals surface area contributed by atoms with Crippen LogP contribution in [-0.2, 0) is 13.6 Å². The summed E-state index contributed by atoms with van der Waals surface area (Å²) < 4.78 is 2.74. The number of nitrogens with zero attached hydrogens (tertiary/aromatic N) is 3. The Labute approximate surface area is 120 Å². The molecule has 1 aromatic carbocycles. The third-order valence-corrected chi connectivity index (χ3v) is 3.33. The SMILES string of the molecule is CN(Cc1cnn(C)c1)c1cc(Br)ccc1C(=N)N. The lowest BCUT2D eigenvalue weighted by Gasteiger charge is -2.21. The fourth-order valence-corrected chi connectivity index (χ4v) is 2.31. The smallest absolute Gasteiger partial charge is 0.124 e. The van der Waals surface area contributed by atoms with E-state index in [1.54, 1.807) is 4.68 Å². The van der Waals surface area contributed by atoms with Crippen molar-refractivity contribution in [3.05, 3.63) is 46.2 Å². The Bertz CT molecular complexity index is 605. The molecule has 0 aliphatic carbocycles. The highest BCUT2D eigenvalue weighted by atomic mass is 79.9. The molecule has 1 heterocycles. The van der Waals surface area contributed by atoms with Crippen LogP contribution in [0.5, 0.6) is 0 Å². The fraction of sp³-hybridized carbons (Fsp3) is 0.231. The lowest BCUT2D eigenvalue weighted by molar-refractivity contribution is 0.766. The number of rotatable bonds is 4. The molecule has 0 unspecified atom stereocenters. The van der Waals surface area contributed by atoms with E-state index in [1.807, 2.05) is 44.7 Å². The molecule has 0 amide bonds. The molecule has 6 heteroatoms. The van der Waals surface area contributed by atoms with Gasteiger partial charge < -0.3 is 10.6 Å². The van der Waals surface area contributed by atoms with Crippen molar-refractivity contribution in [2.75, 3.05) is 11.9 Å². The normalized spacial score (nSPS) is 10.5. The van der Waals surface area contributed by atoms with Gasteiger partial charge in [0.1, 0.15) is 5.84 Å². The number of hydrogen-bond donors (Lipinski definition) is 2. The zero-order chi connectivity index (χ0) is 14.0. The topological polar surface area (TPSA) is 70.9 Å². The van der Waals surface area contributed by atoms with Crippen LogP contribution in [0.25, 0.3) is 0 Å². The van der Waals surface area contributed by atoms with E-state index in [-0.39, 0.29) is 5.84 Å². The highest BCUT2D eigenvalue weighted by Crippen LogP contribution is 2.25. The summed E-state index contributed by atoms with van der Waals surface area (Å²) >= 11 is 3.45. The van der Waals surface area contributed by atoms with E-state index in [0.29, 0.717) is 6.54 Å². The van der Waals surface area contributed by atoms with Crippen LogP contribution in [0.15, 0.2) is 35.1 Å². The number of hydrogen-bond acceptors (Lipinski definition) is 3. The van der Waals surface area contributed by atoms with Gasteiger partial charge in [-0.3, -0.25) is 10.1 Å². The molecule has 19 heavy (non-hydrogen) atoms. The minimum atomic E-state index is 0.0699. The summed E-state index contributed by atoms with van der Waals surface area (Å²) in [6, 6.07) is 5.70. The van der Waals surface area contributed by atoms with Gasteiger partial charge in [0.2, 0.25) is 0 Å². The molecule has 0 fully saturated rings. The molecule has 0 saturated carbocycles. The molecule has 0 bridgehead atoms. The Kier molecular flexibility index (Phi) is 3.90. The highest BCUT2D eigenvalue weighted by Gasteiger charge is 2.11. The summed E-state index contributed by atoms with van der Waals surface area (Å²) in [6.45, 7) is 0.713. The van der Waals surface area contributed by atoms with Crippen molar-refractivity contribution in [2.24, 2.45) is 12.8 Å². The third kappa shape index (κ3) is 3.14. The van der Waals surface area contributed by atoms with Crippen molar-refractivity contribution in [2.45, 2.75) is 6.54 Å². The van der Waals surface area contributed by atoms with E-state index in [4.69, 9.17) is 11.1 Å². The van der Waals surface area contributed by atoms with Gasteiger partial charge in [-0.1, -0.05) is 15.9 Å². The number of aryl methyl sites for hydroxylation is 1. The van der Waals surface area contributed by atoms with Gasteiger partial charge in [-0.05, 0) is 18.2 Å². The van der Waals surface area contributed by atoms with Gasteiger partial charge in [0, 0.05) is 48.1 Å². The number of nitrogen functional groups attached to an aromatic ring is 1. The van der Waals surface area contributed by atoms with Crippen molar-refractivity contribution < 1.29 is 0 Å². The maximum absolute atomic E-state index is 7.64. The van der Waals surface area contributed by atoms with Gasteiger partial charge >= 0.3 is 0 Å². The number of benzene rings is 1. The van der Waals surface area contributed by atoms with Crippen LogP contribution >= 0.6 is 15.9 Å². The Morgan fingerprint density at radius 2 is 2.26 bits per heavy atom. The van der Waals surface area contributed by atoms with Crippen LogP contribution in [0.2, 0.25) is 0 Å². The van der Waals surface area contributed by atoms with E-state index in [0.717, 1.165) is 21.3 Å². The minimum absolute atomic E-state index is 0.0699. The van der Waals surface area contributed by atoms with Crippen molar-refractivity contribution in [1.29, 1.82) is 5.41 Å². The standard InChI is InChI=1S/C13H16BrN5/c1-18(7-9-6-17-19(2)8-9)12-5-10(14)3-4-11(12)13(15)16/h3-6,8H,7H2,1-2H3,(H3,15,16). The van der Waals surface area contributed by atoms with E-state index in [9.17, 15) is 0 Å². The average molecular weight is 322 g/mol. The zero-order valence-electron chi connectivity index (χ0n) is 10.9. The molecule has 2 aromatic rings. The molecule has 0 aliphatic rings. The lowest BCUT2D eigenvalue weighted by Crippen LogP contribution is -2.21. The molecule has 1 aromatic heterocycles. The van der Waals surface area contributed by atoms with Crippen LogP contribution in [0, 0.1) is 5.41 Å². The molecular formula is C13H16BrN5. The second-order valence-electron chi connectivity index (χ2n) is 4.45. The summed E-state index contributed by atoms with van der Waals surface area (Å²) in [6.07, 6.45) is 3.81. The van der Waals surface area contributed by atoms with Gasteiger partial charge in [0.15, 0.2) is 0 Å².